The van der Waals surface area contributed by atoms with Gasteiger partial charge in [-0.15, -0.1) is 12.4 Å². The number of hydrogen-bond donors (Lipinski definition) is 1. The molecule has 20 heavy (non-hydrogen) atoms. The van der Waals surface area contributed by atoms with Gasteiger partial charge in [-0.25, -0.2) is 9.59 Å². The van der Waals surface area contributed by atoms with E-state index >= 15 is 0 Å². The average molecular weight is 308 g/mol. The van der Waals surface area contributed by atoms with Gasteiger partial charge in [0.2, 0.25) is 0 Å². The van der Waals surface area contributed by atoms with Crippen molar-refractivity contribution in [3.8, 4) is 0 Å². The summed E-state index contributed by atoms with van der Waals surface area (Å²) < 4.78 is 9.09. The van der Waals surface area contributed by atoms with Gasteiger partial charge in [0.15, 0.2) is 0 Å². The van der Waals surface area contributed by atoms with E-state index in [2.05, 4.69) is 17.9 Å². The van der Waals surface area contributed by atoms with Gasteiger partial charge in [0.05, 0.1) is 7.11 Å². The molecular formula is C14H26ClNO4. The van der Waals surface area contributed by atoms with Gasteiger partial charge in [0.25, 0.3) is 0 Å². The van der Waals surface area contributed by atoms with Gasteiger partial charge < -0.3 is 15.2 Å². The van der Waals surface area contributed by atoms with Crippen molar-refractivity contribution in [2.75, 3.05) is 20.3 Å². The predicted octanol–water partition coefficient (Wildman–Crippen LogP) is 2.25. The standard InChI is InChI=1S/C9H17NO2.C5H8O2.ClH/c1-7(9(2,3)4)8(11)12-6-5-10;1-4(2)5(6)7-3;/h1,5-6,10H2,2-4H3;1H2,2-3H3;1H. The van der Waals surface area contributed by atoms with Crippen LogP contribution in [0.4, 0.5) is 0 Å². The lowest BCUT2D eigenvalue weighted by Gasteiger charge is -2.19. The maximum Gasteiger partial charge on any atom is 0.333 e. The summed E-state index contributed by atoms with van der Waals surface area (Å²) >= 11 is 0. The summed E-state index contributed by atoms with van der Waals surface area (Å²) in [6.07, 6.45) is 0. The monoisotopic (exact) mass is 307 g/mol. The molecule has 0 heterocycles. The Morgan fingerprint density at radius 1 is 1.15 bits per heavy atom. The number of hydrogen-bond acceptors (Lipinski definition) is 5. The average Bonchev–Trinajstić information content (AvgIpc) is 2.33. The zero-order chi connectivity index (χ0) is 15.6. The van der Waals surface area contributed by atoms with Crippen molar-refractivity contribution in [2.24, 2.45) is 11.1 Å². The molecule has 118 valence electrons. The summed E-state index contributed by atoms with van der Waals surface area (Å²) in [5.74, 6) is -0.701. The van der Waals surface area contributed by atoms with Crippen LogP contribution < -0.4 is 5.73 Å². The van der Waals surface area contributed by atoms with Gasteiger partial charge in [0, 0.05) is 17.7 Å². The molecule has 0 atom stereocenters. The predicted molar refractivity (Wildman–Crippen MR) is 82.7 cm³/mol. The molecule has 0 rings (SSSR count). The second kappa shape index (κ2) is 11.5. The molecule has 0 unspecified atom stereocenters. The van der Waals surface area contributed by atoms with Crippen molar-refractivity contribution in [1.82, 2.24) is 0 Å². The second-order valence-electron chi connectivity index (χ2n) is 4.93. The Morgan fingerprint density at radius 3 is 1.80 bits per heavy atom. The van der Waals surface area contributed by atoms with E-state index in [-0.39, 0.29) is 36.4 Å². The molecule has 5 nitrogen and oxygen atoms in total. The number of carbonyl (C=O) groups excluding carboxylic acids is 2. The number of methoxy groups -OCH3 is 1. The van der Waals surface area contributed by atoms with Crippen LogP contribution in [-0.2, 0) is 19.1 Å². The van der Waals surface area contributed by atoms with Gasteiger partial charge in [-0.05, 0) is 12.3 Å². The Morgan fingerprint density at radius 2 is 1.60 bits per heavy atom. The highest BCUT2D eigenvalue weighted by Gasteiger charge is 2.22. The topological polar surface area (TPSA) is 78.6 Å². The minimum absolute atomic E-state index is 0. The highest BCUT2D eigenvalue weighted by Crippen LogP contribution is 2.24. The molecular weight excluding hydrogens is 282 g/mol. The third kappa shape index (κ3) is 11.7. The lowest BCUT2D eigenvalue weighted by atomic mass is 9.88. The van der Waals surface area contributed by atoms with E-state index in [9.17, 15) is 9.59 Å². The van der Waals surface area contributed by atoms with Crippen LogP contribution in [0.3, 0.4) is 0 Å². The number of halogens is 1. The Hall–Kier alpha value is -1.33. The molecule has 0 aliphatic heterocycles. The first kappa shape index (κ1) is 23.7. The summed E-state index contributed by atoms with van der Waals surface area (Å²) in [6.45, 7) is 15.0. The Bertz CT molecular complexity index is 346. The smallest absolute Gasteiger partial charge is 0.333 e. The number of nitrogens with two attached hydrogens (primary N) is 1. The van der Waals surface area contributed by atoms with Crippen LogP contribution in [0, 0.1) is 5.41 Å². The van der Waals surface area contributed by atoms with E-state index in [1.54, 1.807) is 6.92 Å². The molecule has 0 saturated carbocycles. The molecule has 0 spiro atoms. The van der Waals surface area contributed by atoms with Crippen LogP contribution in [0.2, 0.25) is 0 Å². The van der Waals surface area contributed by atoms with Crippen LogP contribution in [-0.4, -0.2) is 32.2 Å². The molecule has 0 saturated heterocycles. The lowest BCUT2D eigenvalue weighted by molar-refractivity contribution is -0.140. The van der Waals surface area contributed by atoms with E-state index in [0.29, 0.717) is 17.7 Å². The molecule has 0 aromatic carbocycles. The number of ether oxygens (including phenoxy) is 2. The third-order valence-corrected chi connectivity index (χ3v) is 2.04. The zero-order valence-corrected chi connectivity index (χ0v) is 13.8. The Labute approximate surface area is 127 Å². The zero-order valence-electron chi connectivity index (χ0n) is 12.9. The van der Waals surface area contributed by atoms with E-state index < -0.39 is 0 Å². The fraction of sp³-hybridized carbons (Fsp3) is 0.571. The van der Waals surface area contributed by atoms with Crippen LogP contribution in [0.25, 0.3) is 0 Å². The normalized spacial score (nSPS) is 9.30. The first-order chi connectivity index (χ1) is 8.57. The summed E-state index contributed by atoms with van der Waals surface area (Å²) in [7, 11) is 1.33. The Kier molecular flexibility index (Phi) is 13.6. The van der Waals surface area contributed by atoms with E-state index in [4.69, 9.17) is 10.5 Å². The van der Waals surface area contributed by atoms with E-state index in [1.807, 2.05) is 20.8 Å². The molecule has 0 aromatic rings. The summed E-state index contributed by atoms with van der Waals surface area (Å²) in [4.78, 5) is 21.4. The molecule has 0 aromatic heterocycles. The minimum Gasteiger partial charge on any atom is -0.466 e. The third-order valence-electron chi connectivity index (χ3n) is 2.04. The molecule has 0 amide bonds. The first-order valence-electron chi connectivity index (χ1n) is 5.88. The SMILES string of the molecule is C=C(C(=O)OCCN)C(C)(C)C.C=C(C)C(=O)OC.Cl. The van der Waals surface area contributed by atoms with Gasteiger partial charge in [-0.1, -0.05) is 33.9 Å². The van der Waals surface area contributed by atoms with E-state index in [0.717, 1.165) is 0 Å². The van der Waals surface area contributed by atoms with Crippen LogP contribution in [0.5, 0.6) is 0 Å². The lowest BCUT2D eigenvalue weighted by Crippen LogP contribution is -2.21. The van der Waals surface area contributed by atoms with Crippen molar-refractivity contribution in [2.45, 2.75) is 27.7 Å². The van der Waals surface area contributed by atoms with Crippen molar-refractivity contribution < 1.29 is 19.1 Å². The van der Waals surface area contributed by atoms with Crippen LogP contribution in [0.15, 0.2) is 24.3 Å². The summed E-state index contributed by atoms with van der Waals surface area (Å²) in [5.41, 5.74) is 5.86. The van der Waals surface area contributed by atoms with Crippen molar-refractivity contribution >= 4 is 24.3 Å². The molecule has 2 N–H and O–H groups in total. The Balaban J connectivity index is -0.000000312. The number of esters is 2. The largest absolute Gasteiger partial charge is 0.466 e. The summed E-state index contributed by atoms with van der Waals surface area (Å²) in [6, 6.07) is 0. The highest BCUT2D eigenvalue weighted by molar-refractivity contribution is 5.89. The van der Waals surface area contributed by atoms with Gasteiger partial charge >= 0.3 is 11.9 Å². The highest BCUT2D eigenvalue weighted by atomic mass is 35.5. The van der Waals surface area contributed by atoms with Gasteiger partial charge in [-0.2, -0.15) is 0 Å². The van der Waals surface area contributed by atoms with Crippen molar-refractivity contribution in [1.29, 1.82) is 0 Å². The minimum atomic E-state index is -0.354. The molecule has 0 aliphatic rings. The quantitative estimate of drug-likeness (QED) is 0.636. The van der Waals surface area contributed by atoms with Gasteiger partial charge in [-0.3, -0.25) is 0 Å². The second-order valence-corrected chi connectivity index (χ2v) is 4.93. The maximum atomic E-state index is 11.2. The number of carbonyl (C=O) groups is 2. The maximum absolute atomic E-state index is 11.2. The van der Waals surface area contributed by atoms with Gasteiger partial charge in [0.1, 0.15) is 6.61 Å². The number of rotatable bonds is 4. The molecule has 0 radical (unpaired) electrons. The fourth-order valence-corrected chi connectivity index (χ4v) is 0.719. The van der Waals surface area contributed by atoms with Crippen molar-refractivity contribution in [3.63, 3.8) is 0 Å². The van der Waals surface area contributed by atoms with Crippen molar-refractivity contribution in [3.05, 3.63) is 24.3 Å². The first-order valence-corrected chi connectivity index (χ1v) is 5.88. The van der Waals surface area contributed by atoms with E-state index in [1.165, 1.54) is 7.11 Å². The van der Waals surface area contributed by atoms with Crippen LogP contribution in [0.1, 0.15) is 27.7 Å². The molecule has 0 fully saturated rings. The van der Waals surface area contributed by atoms with Crippen LogP contribution >= 0.6 is 12.4 Å². The summed E-state index contributed by atoms with van der Waals surface area (Å²) in [5, 5.41) is 0. The molecule has 6 heteroatoms. The fourth-order valence-electron chi connectivity index (χ4n) is 0.719. The molecule has 0 bridgehead atoms. The molecule has 0 aliphatic carbocycles.